The van der Waals surface area contributed by atoms with Gasteiger partial charge in [-0.25, -0.2) is 0 Å². The molecule has 120 valence electrons. The lowest BCUT2D eigenvalue weighted by molar-refractivity contribution is -0.118. The molecule has 0 aliphatic carbocycles. The van der Waals surface area contributed by atoms with Crippen LogP contribution in [-0.4, -0.2) is 25.0 Å². The fraction of sp³-hybridized carbons (Fsp3) is 0.167. The molecule has 2 N–H and O–H groups in total. The monoisotopic (exact) mass is 321 g/mol. The lowest BCUT2D eigenvalue weighted by Crippen LogP contribution is -2.26. The van der Waals surface area contributed by atoms with E-state index < -0.39 is 0 Å². The molecule has 2 aromatic carbocycles. The SMILES string of the molecule is N#Cc1cccc(C(=O)NCCc2ccc3c(c2)NC(=O)CO3)c1. The summed E-state index contributed by atoms with van der Waals surface area (Å²) in [5, 5.41) is 14.4. The van der Waals surface area contributed by atoms with Crippen molar-refractivity contribution in [2.45, 2.75) is 6.42 Å². The van der Waals surface area contributed by atoms with Gasteiger partial charge in [-0.2, -0.15) is 5.26 Å². The van der Waals surface area contributed by atoms with Gasteiger partial charge in [-0.15, -0.1) is 0 Å². The maximum atomic E-state index is 12.1. The Morgan fingerprint density at radius 1 is 1.29 bits per heavy atom. The molecule has 0 atom stereocenters. The van der Waals surface area contributed by atoms with E-state index in [0.717, 1.165) is 5.56 Å². The number of carbonyl (C=O) groups is 2. The summed E-state index contributed by atoms with van der Waals surface area (Å²) >= 11 is 0. The first kappa shape index (κ1) is 15.6. The summed E-state index contributed by atoms with van der Waals surface area (Å²) in [5.41, 5.74) is 2.54. The zero-order valence-corrected chi connectivity index (χ0v) is 12.8. The molecule has 0 bridgehead atoms. The van der Waals surface area contributed by atoms with Crippen LogP contribution in [0.25, 0.3) is 0 Å². The lowest BCUT2D eigenvalue weighted by atomic mass is 10.1. The number of nitriles is 1. The fourth-order valence-electron chi connectivity index (χ4n) is 2.44. The van der Waals surface area contributed by atoms with Crippen LogP contribution >= 0.6 is 0 Å². The van der Waals surface area contributed by atoms with E-state index in [2.05, 4.69) is 10.6 Å². The van der Waals surface area contributed by atoms with Crippen molar-refractivity contribution in [2.24, 2.45) is 0 Å². The number of hydrogen-bond donors (Lipinski definition) is 2. The Morgan fingerprint density at radius 3 is 3.00 bits per heavy atom. The van der Waals surface area contributed by atoms with Crippen molar-refractivity contribution in [3.63, 3.8) is 0 Å². The number of rotatable bonds is 4. The van der Waals surface area contributed by atoms with Crippen molar-refractivity contribution in [3.8, 4) is 11.8 Å². The Kier molecular flexibility index (Phi) is 4.43. The normalized spacial score (nSPS) is 12.4. The van der Waals surface area contributed by atoms with Crippen LogP contribution in [0, 0.1) is 11.3 Å². The molecule has 0 unspecified atom stereocenters. The lowest BCUT2D eigenvalue weighted by Gasteiger charge is -2.18. The summed E-state index contributed by atoms with van der Waals surface area (Å²) in [5.74, 6) is 0.253. The average molecular weight is 321 g/mol. The quantitative estimate of drug-likeness (QED) is 0.899. The first-order chi connectivity index (χ1) is 11.7. The Balaban J connectivity index is 1.58. The maximum Gasteiger partial charge on any atom is 0.262 e. The van der Waals surface area contributed by atoms with E-state index in [1.165, 1.54) is 0 Å². The van der Waals surface area contributed by atoms with E-state index in [1.54, 1.807) is 24.3 Å². The van der Waals surface area contributed by atoms with Gasteiger partial charge in [0.05, 0.1) is 17.3 Å². The van der Waals surface area contributed by atoms with Crippen molar-refractivity contribution in [3.05, 3.63) is 59.2 Å². The standard InChI is InChI=1S/C18H15N3O3/c19-10-13-2-1-3-14(8-13)18(23)20-7-6-12-4-5-16-15(9-12)21-17(22)11-24-16/h1-5,8-9H,6-7,11H2,(H,20,23)(H,21,22). The molecule has 0 radical (unpaired) electrons. The second-order valence-corrected chi connectivity index (χ2v) is 5.37. The number of hydrogen-bond acceptors (Lipinski definition) is 4. The van der Waals surface area contributed by atoms with Crippen LogP contribution in [-0.2, 0) is 11.2 Å². The largest absolute Gasteiger partial charge is 0.482 e. The Hall–Kier alpha value is -3.33. The predicted molar refractivity (Wildman–Crippen MR) is 87.8 cm³/mol. The zero-order chi connectivity index (χ0) is 16.9. The summed E-state index contributed by atoms with van der Waals surface area (Å²) < 4.78 is 5.30. The molecular weight excluding hydrogens is 306 g/mol. The van der Waals surface area contributed by atoms with Gasteiger partial charge in [-0.3, -0.25) is 9.59 Å². The number of amides is 2. The van der Waals surface area contributed by atoms with E-state index in [4.69, 9.17) is 10.00 Å². The first-order valence-electron chi connectivity index (χ1n) is 7.49. The van der Waals surface area contributed by atoms with Crippen LogP contribution in [0.3, 0.4) is 0 Å². The zero-order valence-electron chi connectivity index (χ0n) is 12.8. The molecule has 0 saturated heterocycles. The first-order valence-corrected chi connectivity index (χ1v) is 7.49. The van der Waals surface area contributed by atoms with Crippen molar-refractivity contribution >= 4 is 17.5 Å². The number of nitrogens with one attached hydrogen (secondary N) is 2. The number of ether oxygens (including phenoxy) is 1. The molecule has 3 rings (SSSR count). The van der Waals surface area contributed by atoms with Crippen molar-refractivity contribution in [1.82, 2.24) is 5.32 Å². The van der Waals surface area contributed by atoms with Crippen LogP contribution in [0.1, 0.15) is 21.5 Å². The maximum absolute atomic E-state index is 12.1. The highest BCUT2D eigenvalue weighted by atomic mass is 16.5. The van der Waals surface area contributed by atoms with Crippen LogP contribution < -0.4 is 15.4 Å². The number of carbonyl (C=O) groups excluding carboxylic acids is 2. The number of benzene rings is 2. The van der Waals surface area contributed by atoms with Gasteiger partial charge in [-0.1, -0.05) is 12.1 Å². The molecule has 2 aromatic rings. The molecule has 1 aliphatic heterocycles. The third-order valence-corrected chi connectivity index (χ3v) is 3.63. The van der Waals surface area contributed by atoms with Gasteiger partial charge in [-0.05, 0) is 42.3 Å². The van der Waals surface area contributed by atoms with Crippen molar-refractivity contribution in [1.29, 1.82) is 5.26 Å². The summed E-state index contributed by atoms with van der Waals surface area (Å²) in [7, 11) is 0. The number of fused-ring (bicyclic) bond motifs is 1. The molecule has 0 fully saturated rings. The second-order valence-electron chi connectivity index (χ2n) is 5.37. The highest BCUT2D eigenvalue weighted by Crippen LogP contribution is 2.28. The topological polar surface area (TPSA) is 91.2 Å². The Morgan fingerprint density at radius 2 is 2.17 bits per heavy atom. The molecule has 0 aromatic heterocycles. The van der Waals surface area contributed by atoms with Gasteiger partial charge < -0.3 is 15.4 Å². The van der Waals surface area contributed by atoms with Gasteiger partial charge in [0.2, 0.25) is 0 Å². The molecule has 6 nitrogen and oxygen atoms in total. The van der Waals surface area contributed by atoms with Crippen LogP contribution in [0.2, 0.25) is 0 Å². The van der Waals surface area contributed by atoms with Gasteiger partial charge >= 0.3 is 0 Å². The van der Waals surface area contributed by atoms with Gasteiger partial charge in [0.1, 0.15) is 5.75 Å². The second kappa shape index (κ2) is 6.84. The van der Waals surface area contributed by atoms with Gasteiger partial charge in [0, 0.05) is 12.1 Å². The molecular formula is C18H15N3O3. The Bertz CT molecular complexity index is 840. The summed E-state index contributed by atoms with van der Waals surface area (Å²) in [4.78, 5) is 23.4. The van der Waals surface area contributed by atoms with E-state index in [9.17, 15) is 9.59 Å². The smallest absolute Gasteiger partial charge is 0.262 e. The van der Waals surface area contributed by atoms with Crippen LogP contribution in [0.4, 0.5) is 5.69 Å². The average Bonchev–Trinajstić information content (AvgIpc) is 2.61. The van der Waals surface area contributed by atoms with Crippen molar-refractivity contribution in [2.75, 3.05) is 18.5 Å². The summed E-state index contributed by atoms with van der Waals surface area (Å²) in [6, 6.07) is 14.1. The highest BCUT2D eigenvalue weighted by molar-refractivity contribution is 5.95. The Labute approximate surface area is 139 Å². The highest BCUT2D eigenvalue weighted by Gasteiger charge is 2.15. The summed E-state index contributed by atoms with van der Waals surface area (Å²) in [6.07, 6.45) is 0.618. The van der Waals surface area contributed by atoms with Crippen molar-refractivity contribution < 1.29 is 14.3 Å². The molecule has 1 aliphatic rings. The van der Waals surface area contributed by atoms with Gasteiger partial charge in [0.15, 0.2) is 6.61 Å². The van der Waals surface area contributed by atoms with E-state index in [-0.39, 0.29) is 18.4 Å². The van der Waals surface area contributed by atoms with E-state index in [0.29, 0.717) is 35.5 Å². The molecule has 24 heavy (non-hydrogen) atoms. The molecule has 0 spiro atoms. The van der Waals surface area contributed by atoms with Gasteiger partial charge in [0.25, 0.3) is 11.8 Å². The summed E-state index contributed by atoms with van der Waals surface area (Å²) in [6.45, 7) is 0.480. The molecule has 0 saturated carbocycles. The molecule has 1 heterocycles. The van der Waals surface area contributed by atoms with Crippen LogP contribution in [0.15, 0.2) is 42.5 Å². The minimum Gasteiger partial charge on any atom is -0.482 e. The minimum atomic E-state index is -0.221. The van der Waals surface area contributed by atoms with E-state index >= 15 is 0 Å². The van der Waals surface area contributed by atoms with Crippen LogP contribution in [0.5, 0.6) is 5.75 Å². The molecule has 6 heteroatoms. The predicted octanol–water partition coefficient (Wildman–Crippen LogP) is 1.86. The number of nitrogens with zero attached hydrogens (tertiary/aromatic N) is 1. The molecule has 2 amide bonds. The third-order valence-electron chi connectivity index (χ3n) is 3.63. The van der Waals surface area contributed by atoms with E-state index in [1.807, 2.05) is 24.3 Å². The fourth-order valence-corrected chi connectivity index (χ4v) is 2.44. The minimum absolute atomic E-state index is 0.0319. The number of anilines is 1. The third kappa shape index (κ3) is 3.52.